The van der Waals surface area contributed by atoms with Gasteiger partial charge < -0.3 is 20.1 Å². The van der Waals surface area contributed by atoms with Crippen LogP contribution in [0.3, 0.4) is 0 Å². The predicted octanol–water partition coefficient (Wildman–Crippen LogP) is 4.97. The van der Waals surface area contributed by atoms with Crippen molar-refractivity contribution in [2.24, 2.45) is 5.92 Å². The van der Waals surface area contributed by atoms with Crippen molar-refractivity contribution in [3.05, 3.63) is 24.3 Å². The largest absolute Gasteiger partial charge is 0.497 e. The van der Waals surface area contributed by atoms with Crippen LogP contribution in [0.25, 0.3) is 0 Å². The average molecular weight is 363 g/mol. The molecule has 1 aliphatic rings. The van der Waals surface area contributed by atoms with Crippen LogP contribution in [0, 0.1) is 5.92 Å². The minimum Gasteiger partial charge on any atom is -0.497 e. The molecule has 1 fully saturated rings. The van der Waals surface area contributed by atoms with Gasteiger partial charge in [0.15, 0.2) is 0 Å². The smallest absolute Gasteiger partial charge is 0.407 e. The van der Waals surface area contributed by atoms with Crippen LogP contribution in [-0.4, -0.2) is 31.4 Å². The molecular formula is C21H34N2O3. The van der Waals surface area contributed by atoms with E-state index in [0.717, 1.165) is 23.8 Å². The quantitative estimate of drug-likeness (QED) is 0.719. The summed E-state index contributed by atoms with van der Waals surface area (Å²) in [5.74, 6) is 1.56. The van der Waals surface area contributed by atoms with Crippen molar-refractivity contribution < 1.29 is 14.3 Å². The molecule has 0 bridgehead atoms. The number of ether oxygens (including phenoxy) is 2. The SMILES string of the molecule is COc1ccc(NC(CNC(=O)OC(C)(C)C)CC2CCCCC2)cc1. The highest BCUT2D eigenvalue weighted by Gasteiger charge is 2.21. The fraction of sp³-hybridized carbons (Fsp3) is 0.667. The maximum atomic E-state index is 12.0. The van der Waals surface area contributed by atoms with Crippen LogP contribution in [0.15, 0.2) is 24.3 Å². The highest BCUT2D eigenvalue weighted by atomic mass is 16.6. The molecular weight excluding hydrogens is 328 g/mol. The number of carbonyl (C=O) groups is 1. The van der Waals surface area contributed by atoms with E-state index < -0.39 is 5.60 Å². The van der Waals surface area contributed by atoms with Crippen LogP contribution in [0.2, 0.25) is 0 Å². The van der Waals surface area contributed by atoms with Crippen molar-refractivity contribution in [1.29, 1.82) is 0 Å². The Labute approximate surface area is 157 Å². The van der Waals surface area contributed by atoms with Gasteiger partial charge in [0.1, 0.15) is 11.4 Å². The van der Waals surface area contributed by atoms with E-state index in [9.17, 15) is 4.79 Å². The maximum Gasteiger partial charge on any atom is 0.407 e. The molecule has 0 aliphatic heterocycles. The normalized spacial score (nSPS) is 16.6. The lowest BCUT2D eigenvalue weighted by atomic mass is 9.84. The molecule has 0 aromatic heterocycles. The van der Waals surface area contributed by atoms with Gasteiger partial charge in [0, 0.05) is 18.3 Å². The lowest BCUT2D eigenvalue weighted by Crippen LogP contribution is -2.40. The van der Waals surface area contributed by atoms with Gasteiger partial charge in [-0.3, -0.25) is 0 Å². The topological polar surface area (TPSA) is 59.6 Å². The standard InChI is InChI=1S/C21H34N2O3/c1-21(2,3)26-20(24)22-15-18(14-16-8-6-5-7-9-16)23-17-10-12-19(25-4)13-11-17/h10-13,16,18,23H,5-9,14-15H2,1-4H3,(H,22,24). The summed E-state index contributed by atoms with van der Waals surface area (Å²) in [5.41, 5.74) is 0.560. The minimum atomic E-state index is -0.480. The second kappa shape index (κ2) is 9.70. The van der Waals surface area contributed by atoms with Crippen molar-refractivity contribution in [3.63, 3.8) is 0 Å². The monoisotopic (exact) mass is 362 g/mol. The third-order valence-electron chi connectivity index (χ3n) is 4.70. The van der Waals surface area contributed by atoms with E-state index in [0.29, 0.717) is 6.54 Å². The number of rotatable bonds is 7. The molecule has 26 heavy (non-hydrogen) atoms. The van der Waals surface area contributed by atoms with Gasteiger partial charge in [0.2, 0.25) is 0 Å². The van der Waals surface area contributed by atoms with Crippen molar-refractivity contribution in [1.82, 2.24) is 5.32 Å². The second-order valence-electron chi connectivity index (χ2n) is 8.19. The van der Waals surface area contributed by atoms with Gasteiger partial charge in [-0.15, -0.1) is 0 Å². The Morgan fingerprint density at radius 3 is 2.38 bits per heavy atom. The summed E-state index contributed by atoms with van der Waals surface area (Å²) in [4.78, 5) is 12.0. The van der Waals surface area contributed by atoms with E-state index in [2.05, 4.69) is 10.6 Å². The molecule has 0 spiro atoms. The van der Waals surface area contributed by atoms with Crippen molar-refractivity contribution in [3.8, 4) is 5.75 Å². The van der Waals surface area contributed by atoms with Crippen molar-refractivity contribution in [2.75, 3.05) is 19.0 Å². The average Bonchev–Trinajstić information content (AvgIpc) is 2.60. The summed E-state index contributed by atoms with van der Waals surface area (Å²) in [6.45, 7) is 6.18. The van der Waals surface area contributed by atoms with E-state index in [-0.39, 0.29) is 12.1 Å². The summed E-state index contributed by atoms with van der Waals surface area (Å²) < 4.78 is 10.6. The molecule has 1 aliphatic carbocycles. The number of benzene rings is 1. The summed E-state index contributed by atoms with van der Waals surface area (Å²) in [6.07, 6.45) is 7.26. The molecule has 1 aromatic rings. The third kappa shape index (κ3) is 7.54. The molecule has 0 saturated heterocycles. The zero-order valence-electron chi connectivity index (χ0n) is 16.6. The predicted molar refractivity (Wildman–Crippen MR) is 106 cm³/mol. The molecule has 2 rings (SSSR count). The minimum absolute atomic E-state index is 0.180. The van der Waals surface area contributed by atoms with Gasteiger partial charge in [-0.25, -0.2) is 4.79 Å². The van der Waals surface area contributed by atoms with Gasteiger partial charge in [-0.1, -0.05) is 32.1 Å². The zero-order valence-corrected chi connectivity index (χ0v) is 16.6. The van der Waals surface area contributed by atoms with E-state index in [1.54, 1.807) is 7.11 Å². The first-order valence-corrected chi connectivity index (χ1v) is 9.73. The summed E-state index contributed by atoms with van der Waals surface area (Å²) in [7, 11) is 1.67. The molecule has 5 heteroatoms. The number of alkyl carbamates (subject to hydrolysis) is 1. The van der Waals surface area contributed by atoms with Crippen LogP contribution in [0.1, 0.15) is 59.3 Å². The number of anilines is 1. The van der Waals surface area contributed by atoms with E-state index >= 15 is 0 Å². The molecule has 1 amide bonds. The Balaban J connectivity index is 1.94. The number of hydrogen-bond donors (Lipinski definition) is 2. The molecule has 0 radical (unpaired) electrons. The van der Waals surface area contributed by atoms with E-state index in [1.807, 2.05) is 45.0 Å². The fourth-order valence-corrected chi connectivity index (χ4v) is 3.46. The molecule has 5 nitrogen and oxygen atoms in total. The number of amides is 1. The van der Waals surface area contributed by atoms with Gasteiger partial charge in [-0.05, 0) is 57.4 Å². The molecule has 1 aromatic carbocycles. The van der Waals surface area contributed by atoms with Crippen LogP contribution in [-0.2, 0) is 4.74 Å². The highest BCUT2D eigenvalue weighted by Crippen LogP contribution is 2.28. The first-order chi connectivity index (χ1) is 12.4. The number of hydrogen-bond acceptors (Lipinski definition) is 4. The second-order valence-corrected chi connectivity index (χ2v) is 8.19. The number of methoxy groups -OCH3 is 1. The van der Waals surface area contributed by atoms with Gasteiger partial charge >= 0.3 is 6.09 Å². The Hall–Kier alpha value is -1.91. The van der Waals surface area contributed by atoms with Crippen LogP contribution in [0.5, 0.6) is 5.75 Å². The third-order valence-corrected chi connectivity index (χ3v) is 4.70. The highest BCUT2D eigenvalue weighted by molar-refractivity contribution is 5.67. The first-order valence-electron chi connectivity index (χ1n) is 9.73. The Morgan fingerprint density at radius 1 is 1.15 bits per heavy atom. The van der Waals surface area contributed by atoms with E-state index in [4.69, 9.17) is 9.47 Å². The summed E-state index contributed by atoms with van der Waals surface area (Å²) >= 11 is 0. The summed E-state index contributed by atoms with van der Waals surface area (Å²) in [5, 5.41) is 6.49. The van der Waals surface area contributed by atoms with Gasteiger partial charge in [0.25, 0.3) is 0 Å². The molecule has 1 unspecified atom stereocenters. The Kier molecular flexibility index (Phi) is 7.61. The lowest BCUT2D eigenvalue weighted by Gasteiger charge is -2.28. The molecule has 2 N–H and O–H groups in total. The Bertz CT molecular complexity index is 545. The van der Waals surface area contributed by atoms with Crippen LogP contribution >= 0.6 is 0 Å². The van der Waals surface area contributed by atoms with Crippen molar-refractivity contribution >= 4 is 11.8 Å². The lowest BCUT2D eigenvalue weighted by molar-refractivity contribution is 0.0524. The molecule has 1 saturated carbocycles. The molecule has 146 valence electrons. The van der Waals surface area contributed by atoms with Crippen LogP contribution < -0.4 is 15.4 Å². The zero-order chi connectivity index (χ0) is 19.0. The van der Waals surface area contributed by atoms with Gasteiger partial charge in [-0.2, -0.15) is 0 Å². The molecule has 0 heterocycles. The fourth-order valence-electron chi connectivity index (χ4n) is 3.46. The van der Waals surface area contributed by atoms with E-state index in [1.165, 1.54) is 32.1 Å². The number of nitrogens with one attached hydrogen (secondary N) is 2. The number of carbonyl (C=O) groups excluding carboxylic acids is 1. The maximum absolute atomic E-state index is 12.0. The molecule has 1 atom stereocenters. The Morgan fingerprint density at radius 2 is 1.81 bits per heavy atom. The van der Waals surface area contributed by atoms with Crippen molar-refractivity contribution in [2.45, 2.75) is 70.9 Å². The summed E-state index contributed by atoms with van der Waals surface area (Å²) in [6, 6.07) is 8.10. The van der Waals surface area contributed by atoms with Crippen LogP contribution in [0.4, 0.5) is 10.5 Å². The first kappa shape index (κ1) is 20.4. The van der Waals surface area contributed by atoms with Gasteiger partial charge in [0.05, 0.1) is 7.11 Å².